The van der Waals surface area contributed by atoms with E-state index in [0.717, 1.165) is 55.9 Å². The Labute approximate surface area is 452 Å². The van der Waals surface area contributed by atoms with Crippen LogP contribution in [-0.4, -0.2) is 9.55 Å². The van der Waals surface area contributed by atoms with Gasteiger partial charge in [-0.25, -0.2) is 4.98 Å². The Kier molecular flexibility index (Phi) is 13.1. The summed E-state index contributed by atoms with van der Waals surface area (Å²) in [5.74, 6) is 2.03. The van der Waals surface area contributed by atoms with Gasteiger partial charge in [-0.1, -0.05) is 196 Å². The molecule has 5 nitrogen and oxygen atoms in total. The second kappa shape index (κ2) is 19.3. The Morgan fingerprint density at radius 2 is 1.08 bits per heavy atom. The van der Waals surface area contributed by atoms with Gasteiger partial charge in [-0.15, -0.1) is 53.6 Å². The maximum atomic E-state index is 7.05. The molecule has 0 spiro atoms. The summed E-state index contributed by atoms with van der Waals surface area (Å²) >= 11 is 0. The molecule has 0 unspecified atom stereocenters. The van der Waals surface area contributed by atoms with Crippen LogP contribution in [0.25, 0.3) is 38.8 Å². The van der Waals surface area contributed by atoms with Crippen molar-refractivity contribution in [1.82, 2.24) is 9.55 Å². The summed E-state index contributed by atoms with van der Waals surface area (Å²) in [4.78, 5) is 9.59. The van der Waals surface area contributed by atoms with Gasteiger partial charge in [-0.2, -0.15) is 6.07 Å². The van der Waals surface area contributed by atoms with E-state index in [9.17, 15) is 0 Å². The molecule has 1 aliphatic heterocycles. The molecule has 0 fully saturated rings. The predicted octanol–water partition coefficient (Wildman–Crippen LogP) is 17.9. The number of rotatable bonds is 10. The summed E-state index contributed by atoms with van der Waals surface area (Å²) in [6.07, 6.45) is 1.91. The zero-order chi connectivity index (χ0) is 50.9. The summed E-state index contributed by atoms with van der Waals surface area (Å²) in [7, 11) is 0. The zero-order valence-electron chi connectivity index (χ0n) is 44.1. The van der Waals surface area contributed by atoms with Crippen LogP contribution in [-0.2, 0) is 42.7 Å². The van der Waals surface area contributed by atoms with Crippen molar-refractivity contribution in [2.75, 3.05) is 9.80 Å². The smallest absolute Gasteiger partial charge is 0.135 e. The Morgan fingerprint density at radius 1 is 0.446 bits per heavy atom. The van der Waals surface area contributed by atoms with Crippen molar-refractivity contribution < 1.29 is 25.8 Å². The number of pyridine rings is 1. The van der Waals surface area contributed by atoms with Gasteiger partial charge < -0.3 is 19.1 Å². The molecular weight excluding hydrogens is 1080 g/mol. The van der Waals surface area contributed by atoms with Gasteiger partial charge in [-0.05, 0) is 103 Å². The van der Waals surface area contributed by atoms with Crippen molar-refractivity contribution in [2.45, 2.75) is 90.9 Å². The van der Waals surface area contributed by atoms with Crippen LogP contribution in [0.15, 0.2) is 194 Å². The number of benzene rings is 8. The van der Waals surface area contributed by atoms with Crippen LogP contribution in [0.2, 0.25) is 0 Å². The van der Waals surface area contributed by atoms with E-state index in [4.69, 9.17) is 9.72 Å². The van der Waals surface area contributed by atoms with Crippen LogP contribution in [0.1, 0.15) is 103 Å². The standard InChI is InChI=1S/C68H63N4O.Pt/c1-65(2,3)50-34-35-69-64(42-50)72-60-29-21-20-28-58(60)59-32-31-56(44-62(59)72)73-57-40-53(68(9,10)49-26-18-13-19-27-49)39-55(43-57)70-45-71(54-37-47(46-22-14-11-15-23-46)36-52(38-54)66(4,5)6)63-41-51(30-33-61(63)70)67(7,8)48-24-16-12-17-25-48;/h11-42,45H,1-10H3;/q-3;. The van der Waals surface area contributed by atoms with Crippen LogP contribution >= 0.6 is 0 Å². The molecule has 6 heteroatoms. The van der Waals surface area contributed by atoms with Crippen molar-refractivity contribution in [3.8, 4) is 28.4 Å². The van der Waals surface area contributed by atoms with Crippen molar-refractivity contribution in [3.05, 3.63) is 246 Å². The SMILES string of the molecule is CC(C)(C)c1cc(-c2ccccc2)cc(N2[CH-]N(c3[c-]c(Oc4[c-]c5c(cc4)c4ccccc4n5-c4cc(C(C)(C)C)ccn4)cc(C(C)(C)c4ccccc4)c3)c3ccc(C(C)(C)c4ccccc4)cc32)c1.[Pt]. The van der Waals surface area contributed by atoms with E-state index >= 15 is 0 Å². The zero-order valence-corrected chi connectivity index (χ0v) is 46.3. The molecule has 8 aromatic carbocycles. The topological polar surface area (TPSA) is 33.5 Å². The van der Waals surface area contributed by atoms with E-state index in [2.05, 4.69) is 284 Å². The summed E-state index contributed by atoms with van der Waals surface area (Å²) in [5.41, 5.74) is 14.9. The molecule has 3 heterocycles. The number of aromatic nitrogens is 2. The third kappa shape index (κ3) is 9.37. The molecule has 0 bridgehead atoms. The average molecular weight is 1150 g/mol. The number of para-hydroxylation sites is 1. The number of nitrogens with zero attached hydrogens (tertiary/aromatic N) is 4. The Balaban J connectivity index is 0.00000626. The maximum absolute atomic E-state index is 7.05. The van der Waals surface area contributed by atoms with Crippen molar-refractivity contribution in [2.24, 2.45) is 0 Å². The summed E-state index contributed by atoms with van der Waals surface area (Å²) < 4.78 is 9.27. The Bertz CT molecular complexity index is 3660. The molecule has 0 saturated carbocycles. The van der Waals surface area contributed by atoms with Crippen LogP contribution in [0.4, 0.5) is 22.7 Å². The normalized spacial score (nSPS) is 13.1. The van der Waals surface area contributed by atoms with Gasteiger partial charge >= 0.3 is 0 Å². The van der Waals surface area contributed by atoms with Gasteiger partial charge in [0.2, 0.25) is 0 Å². The van der Waals surface area contributed by atoms with E-state index in [1.165, 1.54) is 38.9 Å². The number of fused-ring (bicyclic) bond motifs is 4. The molecule has 0 radical (unpaired) electrons. The number of hydrogen-bond acceptors (Lipinski definition) is 4. The molecule has 2 aromatic heterocycles. The van der Waals surface area contributed by atoms with Crippen molar-refractivity contribution >= 4 is 44.6 Å². The molecule has 1 aliphatic rings. The summed E-state index contributed by atoms with van der Waals surface area (Å²) in [6, 6.07) is 75.2. The quantitative estimate of drug-likeness (QED) is 0.128. The second-order valence-electron chi connectivity index (χ2n) is 22.7. The molecule has 0 atom stereocenters. The van der Waals surface area contributed by atoms with Gasteiger partial charge in [0.1, 0.15) is 5.82 Å². The van der Waals surface area contributed by atoms with E-state index in [-0.39, 0.29) is 37.3 Å². The van der Waals surface area contributed by atoms with Crippen LogP contribution in [0.5, 0.6) is 11.5 Å². The van der Waals surface area contributed by atoms with Gasteiger partial charge in [0.05, 0.1) is 0 Å². The van der Waals surface area contributed by atoms with E-state index in [1.54, 1.807) is 0 Å². The Morgan fingerprint density at radius 3 is 1.76 bits per heavy atom. The van der Waals surface area contributed by atoms with Gasteiger partial charge in [0, 0.05) is 66.8 Å². The molecule has 0 N–H and O–H groups in total. The van der Waals surface area contributed by atoms with Crippen LogP contribution in [0, 0.1) is 18.8 Å². The van der Waals surface area contributed by atoms with Crippen LogP contribution < -0.4 is 14.5 Å². The Hall–Kier alpha value is -7.20. The molecule has 374 valence electrons. The fourth-order valence-electron chi connectivity index (χ4n) is 10.3. The van der Waals surface area contributed by atoms with Crippen LogP contribution in [0.3, 0.4) is 0 Å². The van der Waals surface area contributed by atoms with Gasteiger partial charge in [-0.3, -0.25) is 0 Å². The largest absolute Gasteiger partial charge is 0.509 e. The maximum Gasteiger partial charge on any atom is 0.135 e. The fraction of sp³-hybridized carbons (Fsp3) is 0.206. The third-order valence-electron chi connectivity index (χ3n) is 15.0. The van der Waals surface area contributed by atoms with E-state index in [1.807, 2.05) is 12.3 Å². The minimum absolute atomic E-state index is 0. The molecule has 0 aliphatic carbocycles. The number of anilines is 4. The second-order valence-corrected chi connectivity index (χ2v) is 22.7. The molecular formula is C68H63N4OPt-3. The van der Waals surface area contributed by atoms with Gasteiger partial charge in [0.25, 0.3) is 0 Å². The molecule has 11 rings (SSSR count). The predicted molar refractivity (Wildman–Crippen MR) is 304 cm³/mol. The summed E-state index contributed by atoms with van der Waals surface area (Å²) in [5, 5.41) is 2.22. The molecule has 0 saturated heterocycles. The van der Waals surface area contributed by atoms with E-state index in [0.29, 0.717) is 11.5 Å². The monoisotopic (exact) mass is 1150 g/mol. The minimum Gasteiger partial charge on any atom is -0.509 e. The minimum atomic E-state index is -0.398. The third-order valence-corrected chi connectivity index (χ3v) is 15.0. The first-order valence-corrected chi connectivity index (χ1v) is 25.5. The first-order chi connectivity index (χ1) is 34.9. The summed E-state index contributed by atoms with van der Waals surface area (Å²) in [6.45, 7) is 25.0. The first kappa shape index (κ1) is 50.3. The van der Waals surface area contributed by atoms with Gasteiger partial charge in [0.15, 0.2) is 0 Å². The molecule has 0 amide bonds. The van der Waals surface area contributed by atoms with E-state index < -0.39 is 5.41 Å². The first-order valence-electron chi connectivity index (χ1n) is 25.5. The fourth-order valence-corrected chi connectivity index (χ4v) is 10.3. The number of hydrogen-bond donors (Lipinski definition) is 0. The molecule has 74 heavy (non-hydrogen) atoms. The van der Waals surface area contributed by atoms with Crippen molar-refractivity contribution in [1.29, 1.82) is 0 Å². The molecule has 10 aromatic rings. The average Bonchev–Trinajstić information content (AvgIpc) is 3.95. The number of ether oxygens (including phenoxy) is 1. The van der Waals surface area contributed by atoms with Crippen molar-refractivity contribution in [3.63, 3.8) is 0 Å².